The van der Waals surface area contributed by atoms with Crippen LogP contribution in [0.4, 0.5) is 17.2 Å². The molecule has 10 heteroatoms. The van der Waals surface area contributed by atoms with E-state index in [0.29, 0.717) is 30.2 Å². The average Bonchev–Trinajstić information content (AvgIpc) is 3.47. The fraction of sp³-hybridized carbons (Fsp3) is 0.190. The minimum Gasteiger partial charge on any atom is -0.459 e. The molecule has 3 aromatic rings. The van der Waals surface area contributed by atoms with E-state index in [1.54, 1.807) is 47.4 Å². The molecule has 3 heterocycles. The first-order valence-corrected chi connectivity index (χ1v) is 9.61. The number of nitrogens with one attached hydrogen (secondary N) is 2. The highest BCUT2D eigenvalue weighted by molar-refractivity contribution is 6.02. The summed E-state index contributed by atoms with van der Waals surface area (Å²) in [7, 11) is 0. The first kappa shape index (κ1) is 20.1. The second kappa shape index (κ2) is 8.66. The van der Waals surface area contributed by atoms with E-state index in [4.69, 9.17) is 4.42 Å². The van der Waals surface area contributed by atoms with Crippen molar-refractivity contribution in [1.29, 1.82) is 0 Å². The van der Waals surface area contributed by atoms with Gasteiger partial charge in [-0.25, -0.2) is 4.98 Å². The van der Waals surface area contributed by atoms with Crippen LogP contribution in [0.25, 0.3) is 0 Å². The minimum atomic E-state index is -0.500. The molecule has 0 aliphatic carbocycles. The van der Waals surface area contributed by atoms with Gasteiger partial charge in [0.1, 0.15) is 12.0 Å². The highest BCUT2D eigenvalue weighted by Gasteiger charge is 2.27. The van der Waals surface area contributed by atoms with Gasteiger partial charge in [-0.2, -0.15) is 0 Å². The third-order valence-electron chi connectivity index (χ3n) is 4.92. The standard InChI is InChI=1S/C21H19N5O5/c27-20(18-2-1-11-31-18)24-15-5-3-14(4-6-15)21(28)25-10-9-16(13-25)23-19-8-7-17(12-22-19)26(29)30/h1-8,11-12,16H,9-10,13H2,(H,22,23)(H,24,27). The van der Waals surface area contributed by atoms with Gasteiger partial charge in [0, 0.05) is 36.4 Å². The molecule has 1 aromatic carbocycles. The molecule has 4 rings (SSSR count). The van der Waals surface area contributed by atoms with Crippen LogP contribution >= 0.6 is 0 Å². The number of benzene rings is 1. The zero-order chi connectivity index (χ0) is 21.8. The van der Waals surface area contributed by atoms with Gasteiger partial charge < -0.3 is 20.0 Å². The van der Waals surface area contributed by atoms with Crippen LogP contribution in [0.3, 0.4) is 0 Å². The molecular weight excluding hydrogens is 402 g/mol. The Kier molecular flexibility index (Phi) is 5.61. The van der Waals surface area contributed by atoms with Crippen LogP contribution in [-0.2, 0) is 0 Å². The van der Waals surface area contributed by atoms with Crippen LogP contribution in [0.1, 0.15) is 27.3 Å². The largest absolute Gasteiger partial charge is 0.459 e. The number of carbonyl (C=O) groups is 2. The number of nitrogens with zero attached hydrogens (tertiary/aromatic N) is 3. The lowest BCUT2D eigenvalue weighted by atomic mass is 10.2. The molecular formula is C21H19N5O5. The van der Waals surface area contributed by atoms with Crippen molar-refractivity contribution in [2.75, 3.05) is 23.7 Å². The van der Waals surface area contributed by atoms with Crippen molar-refractivity contribution in [3.63, 3.8) is 0 Å². The minimum absolute atomic E-state index is 0.00441. The summed E-state index contributed by atoms with van der Waals surface area (Å²) in [5, 5.41) is 16.6. The van der Waals surface area contributed by atoms with Crippen molar-refractivity contribution in [2.24, 2.45) is 0 Å². The van der Waals surface area contributed by atoms with E-state index in [-0.39, 0.29) is 29.3 Å². The van der Waals surface area contributed by atoms with Gasteiger partial charge in [-0.1, -0.05) is 0 Å². The second-order valence-corrected chi connectivity index (χ2v) is 7.05. The number of likely N-dealkylation sites (tertiary alicyclic amines) is 1. The van der Waals surface area contributed by atoms with E-state index in [1.165, 1.54) is 18.5 Å². The summed E-state index contributed by atoms with van der Waals surface area (Å²) in [5.41, 5.74) is 1.01. The topological polar surface area (TPSA) is 131 Å². The number of amides is 2. The summed E-state index contributed by atoms with van der Waals surface area (Å²) in [6.07, 6.45) is 3.36. The third kappa shape index (κ3) is 4.69. The fourth-order valence-corrected chi connectivity index (χ4v) is 3.33. The number of anilines is 2. The van der Waals surface area contributed by atoms with Crippen molar-refractivity contribution >= 4 is 29.0 Å². The molecule has 10 nitrogen and oxygen atoms in total. The lowest BCUT2D eigenvalue weighted by Gasteiger charge is -2.17. The van der Waals surface area contributed by atoms with Crippen LogP contribution in [-0.4, -0.2) is 45.8 Å². The monoisotopic (exact) mass is 421 g/mol. The third-order valence-corrected chi connectivity index (χ3v) is 4.92. The number of hydrogen-bond donors (Lipinski definition) is 2. The molecule has 1 aliphatic rings. The SMILES string of the molecule is O=C(Nc1ccc(C(=O)N2CCC(Nc3ccc([N+](=O)[O-])cn3)C2)cc1)c1ccco1. The molecule has 1 atom stereocenters. The van der Waals surface area contributed by atoms with Gasteiger partial charge in [0.2, 0.25) is 0 Å². The second-order valence-electron chi connectivity index (χ2n) is 7.05. The Labute approximate surface area is 177 Å². The molecule has 158 valence electrons. The van der Waals surface area contributed by atoms with Crippen molar-refractivity contribution < 1.29 is 18.9 Å². The van der Waals surface area contributed by atoms with Crippen molar-refractivity contribution in [2.45, 2.75) is 12.5 Å². The fourth-order valence-electron chi connectivity index (χ4n) is 3.33. The number of nitro groups is 1. The van der Waals surface area contributed by atoms with Crippen LogP contribution in [0.2, 0.25) is 0 Å². The van der Waals surface area contributed by atoms with Gasteiger partial charge in [0.05, 0.1) is 11.2 Å². The van der Waals surface area contributed by atoms with E-state index >= 15 is 0 Å². The quantitative estimate of drug-likeness (QED) is 0.462. The first-order chi connectivity index (χ1) is 15.0. The van der Waals surface area contributed by atoms with E-state index in [1.807, 2.05) is 0 Å². The Morgan fingerprint density at radius 3 is 2.61 bits per heavy atom. The predicted octanol–water partition coefficient (Wildman–Crippen LogP) is 3.16. The number of furan rings is 1. The maximum absolute atomic E-state index is 12.8. The maximum Gasteiger partial charge on any atom is 0.291 e. The van der Waals surface area contributed by atoms with Gasteiger partial charge in [0.15, 0.2) is 5.76 Å². The Morgan fingerprint density at radius 2 is 1.97 bits per heavy atom. The zero-order valence-electron chi connectivity index (χ0n) is 16.4. The summed E-state index contributed by atoms with van der Waals surface area (Å²) in [4.78, 5) is 40.8. The van der Waals surface area contributed by atoms with Crippen molar-refractivity contribution in [1.82, 2.24) is 9.88 Å². The summed E-state index contributed by atoms with van der Waals surface area (Å²) < 4.78 is 5.05. The number of pyridine rings is 1. The van der Waals surface area contributed by atoms with Gasteiger partial charge in [-0.3, -0.25) is 19.7 Å². The Hall–Kier alpha value is -4.21. The predicted molar refractivity (Wildman–Crippen MR) is 112 cm³/mol. The van der Waals surface area contributed by atoms with Gasteiger partial charge in [-0.05, 0) is 48.9 Å². The number of aromatic nitrogens is 1. The number of carbonyl (C=O) groups excluding carboxylic acids is 2. The number of rotatable bonds is 6. The summed E-state index contributed by atoms with van der Waals surface area (Å²) in [6, 6.07) is 12.8. The van der Waals surface area contributed by atoms with Crippen molar-refractivity contribution in [3.8, 4) is 0 Å². The van der Waals surface area contributed by atoms with E-state index < -0.39 is 4.92 Å². The Bertz CT molecular complexity index is 1080. The molecule has 2 amide bonds. The molecule has 0 bridgehead atoms. The van der Waals surface area contributed by atoms with Crippen LogP contribution in [0.15, 0.2) is 65.4 Å². The molecule has 0 spiro atoms. The lowest BCUT2D eigenvalue weighted by Crippen LogP contribution is -2.31. The molecule has 31 heavy (non-hydrogen) atoms. The molecule has 0 radical (unpaired) electrons. The maximum atomic E-state index is 12.8. The smallest absolute Gasteiger partial charge is 0.291 e. The van der Waals surface area contributed by atoms with Gasteiger partial charge in [-0.15, -0.1) is 0 Å². The molecule has 2 N–H and O–H groups in total. The molecule has 2 aromatic heterocycles. The first-order valence-electron chi connectivity index (χ1n) is 9.61. The normalized spacial score (nSPS) is 15.5. The van der Waals surface area contributed by atoms with E-state index in [9.17, 15) is 19.7 Å². The average molecular weight is 421 g/mol. The van der Waals surface area contributed by atoms with Gasteiger partial charge >= 0.3 is 0 Å². The number of hydrogen-bond acceptors (Lipinski definition) is 7. The highest BCUT2D eigenvalue weighted by Crippen LogP contribution is 2.20. The van der Waals surface area contributed by atoms with Crippen LogP contribution in [0, 0.1) is 10.1 Å². The summed E-state index contributed by atoms with van der Waals surface area (Å²) in [5.74, 6) is 0.266. The van der Waals surface area contributed by atoms with Gasteiger partial charge in [0.25, 0.3) is 17.5 Å². The van der Waals surface area contributed by atoms with E-state index in [0.717, 1.165) is 6.42 Å². The summed E-state index contributed by atoms with van der Waals surface area (Å²) >= 11 is 0. The molecule has 1 saturated heterocycles. The molecule has 1 aliphatic heterocycles. The van der Waals surface area contributed by atoms with Crippen LogP contribution in [0.5, 0.6) is 0 Å². The lowest BCUT2D eigenvalue weighted by molar-refractivity contribution is -0.385. The van der Waals surface area contributed by atoms with Crippen molar-refractivity contribution in [3.05, 3.63) is 82.4 Å². The highest BCUT2D eigenvalue weighted by atomic mass is 16.6. The summed E-state index contributed by atoms with van der Waals surface area (Å²) in [6.45, 7) is 1.08. The molecule has 1 unspecified atom stereocenters. The molecule has 0 saturated carbocycles. The van der Waals surface area contributed by atoms with Crippen LogP contribution < -0.4 is 10.6 Å². The zero-order valence-corrected chi connectivity index (χ0v) is 16.4. The Morgan fingerprint density at radius 1 is 1.16 bits per heavy atom. The van der Waals surface area contributed by atoms with E-state index in [2.05, 4.69) is 15.6 Å². The Balaban J connectivity index is 1.32. The molecule has 1 fully saturated rings.